The van der Waals surface area contributed by atoms with Crippen LogP contribution in [-0.4, -0.2) is 59.7 Å². The number of amides is 5. The number of urea groups is 1. The Morgan fingerprint density at radius 3 is 2.71 bits per heavy atom. The van der Waals surface area contributed by atoms with E-state index < -0.39 is 42.2 Å². The zero-order chi connectivity index (χ0) is 17.3. The highest BCUT2D eigenvalue weighted by Crippen LogP contribution is 2.24. The van der Waals surface area contributed by atoms with Gasteiger partial charge in [0.1, 0.15) is 18.4 Å². The molecule has 5 amide bonds. The highest BCUT2D eigenvalue weighted by atomic mass is 19.1. The summed E-state index contributed by atoms with van der Waals surface area (Å²) in [6.07, 6.45) is 0. The van der Waals surface area contributed by atoms with Gasteiger partial charge in [-0.15, -0.1) is 0 Å². The average Bonchev–Trinajstić information content (AvgIpc) is 2.86. The molecule has 9 heteroatoms. The first-order valence-corrected chi connectivity index (χ1v) is 7.38. The minimum absolute atomic E-state index is 0.153. The average molecular weight is 334 g/mol. The van der Waals surface area contributed by atoms with Crippen LogP contribution in [0.3, 0.4) is 0 Å². The fourth-order valence-corrected chi connectivity index (χ4v) is 2.78. The molecular weight excluding hydrogens is 319 g/mol. The number of nitrogens with zero attached hydrogens (tertiary/aromatic N) is 2. The number of hydrogen-bond donors (Lipinski definition) is 2. The molecule has 2 aliphatic rings. The van der Waals surface area contributed by atoms with Gasteiger partial charge in [0.15, 0.2) is 0 Å². The van der Waals surface area contributed by atoms with Gasteiger partial charge in [-0.25, -0.2) is 9.18 Å². The van der Waals surface area contributed by atoms with Gasteiger partial charge in [-0.1, -0.05) is 12.1 Å². The van der Waals surface area contributed by atoms with E-state index in [0.717, 1.165) is 4.90 Å². The summed E-state index contributed by atoms with van der Waals surface area (Å²) in [7, 11) is 0. The molecular formula is C15H15FN4O4. The zero-order valence-electron chi connectivity index (χ0n) is 12.6. The van der Waals surface area contributed by atoms with Crippen molar-refractivity contribution in [2.75, 3.05) is 26.2 Å². The first kappa shape index (κ1) is 15.9. The van der Waals surface area contributed by atoms with E-state index in [4.69, 9.17) is 0 Å². The molecule has 2 saturated heterocycles. The standard InChI is InChI=1S/C15H15FN4O4/c16-10-3-1-2-9(6-10)13-14(23)17-4-5-19(13)12(22)8-20-11(21)7-18-15(20)24/h1-3,6,13H,4-5,7-8H2,(H,17,23)(H,18,24). The SMILES string of the molecule is O=C1NCCN(C(=O)CN2C(=O)CNC2=O)C1c1cccc(F)c1. The second-order valence-electron chi connectivity index (χ2n) is 5.47. The van der Waals surface area contributed by atoms with E-state index in [0.29, 0.717) is 5.56 Å². The normalized spacial score (nSPS) is 20.9. The van der Waals surface area contributed by atoms with E-state index in [1.807, 2.05) is 0 Å². The molecule has 0 spiro atoms. The number of hydrogen-bond acceptors (Lipinski definition) is 4. The number of carbonyl (C=O) groups excluding carboxylic acids is 4. The van der Waals surface area contributed by atoms with Gasteiger partial charge in [0.05, 0.1) is 6.54 Å². The van der Waals surface area contributed by atoms with Gasteiger partial charge < -0.3 is 15.5 Å². The van der Waals surface area contributed by atoms with Crippen LogP contribution in [0.5, 0.6) is 0 Å². The molecule has 0 aliphatic carbocycles. The summed E-state index contributed by atoms with van der Waals surface area (Å²) in [5.74, 6) is -2.01. The molecule has 1 unspecified atom stereocenters. The van der Waals surface area contributed by atoms with Gasteiger partial charge in [0, 0.05) is 13.1 Å². The van der Waals surface area contributed by atoms with Gasteiger partial charge in [0.25, 0.3) is 5.91 Å². The number of piperazine rings is 1. The molecule has 2 aliphatic heterocycles. The predicted octanol–water partition coefficient (Wildman–Crippen LogP) is -0.623. The van der Waals surface area contributed by atoms with Crippen LogP contribution >= 0.6 is 0 Å². The summed E-state index contributed by atoms with van der Waals surface area (Å²) in [5.41, 5.74) is 0.331. The number of nitrogens with one attached hydrogen (secondary N) is 2. The second kappa shape index (κ2) is 6.26. The van der Waals surface area contributed by atoms with E-state index in [-0.39, 0.29) is 19.6 Å². The van der Waals surface area contributed by atoms with Crippen molar-refractivity contribution < 1.29 is 23.6 Å². The molecule has 8 nitrogen and oxygen atoms in total. The molecule has 24 heavy (non-hydrogen) atoms. The lowest BCUT2D eigenvalue weighted by atomic mass is 10.0. The number of halogens is 1. The summed E-state index contributed by atoms with van der Waals surface area (Å²) in [4.78, 5) is 50.0. The quantitative estimate of drug-likeness (QED) is 0.720. The number of benzene rings is 1. The Morgan fingerprint density at radius 2 is 2.04 bits per heavy atom. The van der Waals surface area contributed by atoms with Crippen LogP contribution in [0.1, 0.15) is 11.6 Å². The molecule has 126 valence electrons. The van der Waals surface area contributed by atoms with E-state index >= 15 is 0 Å². The fraction of sp³-hybridized carbons (Fsp3) is 0.333. The molecule has 1 aromatic carbocycles. The maximum Gasteiger partial charge on any atom is 0.325 e. The Bertz CT molecular complexity index is 707. The molecule has 0 aromatic heterocycles. The Kier molecular flexibility index (Phi) is 4.15. The highest BCUT2D eigenvalue weighted by Gasteiger charge is 2.37. The monoisotopic (exact) mass is 334 g/mol. The molecule has 3 rings (SSSR count). The van der Waals surface area contributed by atoms with Crippen molar-refractivity contribution in [1.29, 1.82) is 0 Å². The third kappa shape index (κ3) is 2.92. The summed E-state index contributed by atoms with van der Waals surface area (Å²) in [6, 6.07) is 3.78. The van der Waals surface area contributed by atoms with Crippen LogP contribution in [-0.2, 0) is 14.4 Å². The third-order valence-electron chi connectivity index (χ3n) is 3.93. The largest absolute Gasteiger partial charge is 0.352 e. The predicted molar refractivity (Wildman–Crippen MR) is 79.0 cm³/mol. The van der Waals surface area contributed by atoms with Gasteiger partial charge in [0.2, 0.25) is 11.8 Å². The van der Waals surface area contributed by atoms with Gasteiger partial charge in [-0.3, -0.25) is 19.3 Å². The van der Waals surface area contributed by atoms with Gasteiger partial charge in [-0.05, 0) is 17.7 Å². The Morgan fingerprint density at radius 1 is 1.25 bits per heavy atom. The first-order valence-electron chi connectivity index (χ1n) is 7.38. The smallest absolute Gasteiger partial charge is 0.325 e. The van der Waals surface area contributed by atoms with Crippen LogP contribution in [0.4, 0.5) is 9.18 Å². The molecule has 2 fully saturated rings. The van der Waals surface area contributed by atoms with Crippen molar-refractivity contribution in [3.05, 3.63) is 35.6 Å². The van der Waals surface area contributed by atoms with Crippen molar-refractivity contribution in [2.45, 2.75) is 6.04 Å². The van der Waals surface area contributed by atoms with Crippen LogP contribution in [0, 0.1) is 5.82 Å². The van der Waals surface area contributed by atoms with Crippen molar-refractivity contribution in [3.63, 3.8) is 0 Å². The third-order valence-corrected chi connectivity index (χ3v) is 3.93. The van der Waals surface area contributed by atoms with E-state index in [2.05, 4.69) is 10.6 Å². The van der Waals surface area contributed by atoms with Crippen LogP contribution in [0.25, 0.3) is 0 Å². The lowest BCUT2D eigenvalue weighted by molar-refractivity contribution is -0.145. The summed E-state index contributed by atoms with van der Waals surface area (Å²) in [6.45, 7) is -0.157. The van der Waals surface area contributed by atoms with Crippen molar-refractivity contribution in [2.24, 2.45) is 0 Å². The molecule has 1 aromatic rings. The van der Waals surface area contributed by atoms with Gasteiger partial charge in [-0.2, -0.15) is 0 Å². The summed E-state index contributed by atoms with van der Waals surface area (Å²) in [5, 5.41) is 4.96. The molecule has 1 atom stereocenters. The zero-order valence-corrected chi connectivity index (χ0v) is 12.6. The molecule has 0 bridgehead atoms. The van der Waals surface area contributed by atoms with Crippen LogP contribution in [0.15, 0.2) is 24.3 Å². The molecule has 0 radical (unpaired) electrons. The number of rotatable bonds is 3. The number of imide groups is 1. The van der Waals surface area contributed by atoms with Crippen molar-refractivity contribution in [3.8, 4) is 0 Å². The number of carbonyl (C=O) groups is 4. The Balaban J connectivity index is 1.83. The lowest BCUT2D eigenvalue weighted by Gasteiger charge is -2.35. The summed E-state index contributed by atoms with van der Waals surface area (Å²) < 4.78 is 13.5. The Hall–Kier alpha value is -2.97. The molecule has 2 N–H and O–H groups in total. The first-order chi connectivity index (χ1) is 11.5. The lowest BCUT2D eigenvalue weighted by Crippen LogP contribution is -2.54. The highest BCUT2D eigenvalue weighted by molar-refractivity contribution is 6.05. The van der Waals surface area contributed by atoms with E-state index in [1.165, 1.54) is 23.1 Å². The van der Waals surface area contributed by atoms with Crippen molar-refractivity contribution in [1.82, 2.24) is 20.4 Å². The fourth-order valence-electron chi connectivity index (χ4n) is 2.78. The maximum absolute atomic E-state index is 13.5. The maximum atomic E-state index is 13.5. The Labute approximate surface area is 136 Å². The van der Waals surface area contributed by atoms with Gasteiger partial charge >= 0.3 is 6.03 Å². The topological polar surface area (TPSA) is 98.8 Å². The van der Waals surface area contributed by atoms with Crippen LogP contribution < -0.4 is 10.6 Å². The van der Waals surface area contributed by atoms with E-state index in [9.17, 15) is 23.6 Å². The van der Waals surface area contributed by atoms with E-state index in [1.54, 1.807) is 6.07 Å². The molecule has 0 saturated carbocycles. The minimum Gasteiger partial charge on any atom is -0.352 e. The summed E-state index contributed by atoms with van der Waals surface area (Å²) >= 11 is 0. The van der Waals surface area contributed by atoms with Crippen molar-refractivity contribution >= 4 is 23.8 Å². The second-order valence-corrected chi connectivity index (χ2v) is 5.47. The van der Waals surface area contributed by atoms with Crippen LogP contribution in [0.2, 0.25) is 0 Å². The molecule has 2 heterocycles. The minimum atomic E-state index is -0.997.